The van der Waals surface area contributed by atoms with Crippen LogP contribution in [0.3, 0.4) is 0 Å². The Kier molecular flexibility index (Phi) is 2.78. The smallest absolute Gasteiger partial charge is 0.406 e. The van der Waals surface area contributed by atoms with Gasteiger partial charge in [0.1, 0.15) is 5.75 Å². The van der Waals surface area contributed by atoms with E-state index in [0.29, 0.717) is 11.3 Å². The van der Waals surface area contributed by atoms with Crippen molar-refractivity contribution in [3.05, 3.63) is 29.8 Å². The molecule has 2 nitrogen and oxygen atoms in total. The Bertz CT molecular complexity index is 329. The van der Waals surface area contributed by atoms with Gasteiger partial charge < -0.3 is 10.1 Å². The molecule has 0 unspecified atom stereocenters. The molecule has 5 heteroatoms. The molecular formula is C9H8F3NO. The molecule has 0 aliphatic carbocycles. The SMILES string of the molecule is CC(=N)c1ccc(OC(F)(F)F)cc1. The van der Waals surface area contributed by atoms with Crippen LogP contribution in [0.2, 0.25) is 0 Å². The second-order valence-corrected chi connectivity index (χ2v) is 2.70. The van der Waals surface area contributed by atoms with E-state index in [4.69, 9.17) is 5.41 Å². The number of halogens is 3. The summed E-state index contributed by atoms with van der Waals surface area (Å²) in [6.07, 6.45) is -4.67. The van der Waals surface area contributed by atoms with Crippen LogP contribution >= 0.6 is 0 Å². The third-order valence-electron chi connectivity index (χ3n) is 1.52. The van der Waals surface area contributed by atoms with Gasteiger partial charge in [0.05, 0.1) is 0 Å². The molecule has 0 aliphatic heterocycles. The molecule has 1 rings (SSSR count). The average Bonchev–Trinajstić information content (AvgIpc) is 2.02. The molecule has 0 aliphatic rings. The topological polar surface area (TPSA) is 33.1 Å². The van der Waals surface area contributed by atoms with Gasteiger partial charge in [-0.15, -0.1) is 13.2 Å². The van der Waals surface area contributed by atoms with Gasteiger partial charge in [-0.25, -0.2) is 0 Å². The predicted molar refractivity (Wildman–Crippen MR) is 45.6 cm³/mol. The van der Waals surface area contributed by atoms with E-state index < -0.39 is 6.36 Å². The molecule has 1 aromatic rings. The molecule has 0 aromatic heterocycles. The van der Waals surface area contributed by atoms with Crippen LogP contribution in [0.4, 0.5) is 13.2 Å². The number of ether oxygens (including phenoxy) is 1. The first-order valence-electron chi connectivity index (χ1n) is 3.80. The van der Waals surface area contributed by atoms with E-state index in [-0.39, 0.29) is 5.75 Å². The van der Waals surface area contributed by atoms with Gasteiger partial charge in [-0.3, -0.25) is 0 Å². The monoisotopic (exact) mass is 203 g/mol. The second-order valence-electron chi connectivity index (χ2n) is 2.70. The fraction of sp³-hybridized carbons (Fsp3) is 0.222. The third-order valence-corrected chi connectivity index (χ3v) is 1.52. The molecule has 1 aromatic carbocycles. The van der Waals surface area contributed by atoms with Gasteiger partial charge in [-0.1, -0.05) is 0 Å². The molecule has 0 bridgehead atoms. The molecule has 0 fully saturated rings. The predicted octanol–water partition coefficient (Wildman–Crippen LogP) is 2.97. The first kappa shape index (κ1) is 10.6. The minimum Gasteiger partial charge on any atom is -0.406 e. The molecule has 0 atom stereocenters. The molecule has 0 radical (unpaired) electrons. The number of nitrogens with one attached hydrogen (secondary N) is 1. The Balaban J connectivity index is 2.79. The van der Waals surface area contributed by atoms with Crippen LogP contribution < -0.4 is 4.74 Å². The van der Waals surface area contributed by atoms with Crippen molar-refractivity contribution in [1.82, 2.24) is 0 Å². The van der Waals surface area contributed by atoms with Crippen molar-refractivity contribution in [2.24, 2.45) is 0 Å². The largest absolute Gasteiger partial charge is 0.573 e. The summed E-state index contributed by atoms with van der Waals surface area (Å²) in [6, 6.07) is 5.18. The second kappa shape index (κ2) is 3.69. The van der Waals surface area contributed by atoms with Crippen LogP contribution in [-0.4, -0.2) is 12.1 Å². The lowest BCUT2D eigenvalue weighted by molar-refractivity contribution is -0.274. The fourth-order valence-corrected chi connectivity index (χ4v) is 0.907. The fourth-order valence-electron chi connectivity index (χ4n) is 0.907. The molecule has 1 N–H and O–H groups in total. The summed E-state index contributed by atoms with van der Waals surface area (Å²) in [4.78, 5) is 0. The maximum absolute atomic E-state index is 11.7. The first-order chi connectivity index (χ1) is 6.38. The van der Waals surface area contributed by atoms with Crippen molar-refractivity contribution in [1.29, 1.82) is 5.41 Å². The Morgan fingerprint density at radius 2 is 1.71 bits per heavy atom. The highest BCUT2D eigenvalue weighted by Gasteiger charge is 2.30. The van der Waals surface area contributed by atoms with Crippen LogP contribution in [0.15, 0.2) is 24.3 Å². The Morgan fingerprint density at radius 1 is 1.21 bits per heavy atom. The maximum Gasteiger partial charge on any atom is 0.573 e. The molecule has 14 heavy (non-hydrogen) atoms. The van der Waals surface area contributed by atoms with Gasteiger partial charge in [0.25, 0.3) is 0 Å². The van der Waals surface area contributed by atoms with Crippen LogP contribution in [0, 0.1) is 5.41 Å². The maximum atomic E-state index is 11.7. The van der Waals surface area contributed by atoms with Gasteiger partial charge in [-0.2, -0.15) is 0 Å². The number of hydrogen-bond acceptors (Lipinski definition) is 2. The molecule has 0 saturated heterocycles. The van der Waals surface area contributed by atoms with E-state index in [9.17, 15) is 13.2 Å². The average molecular weight is 203 g/mol. The molecule has 76 valence electrons. The molecule has 0 saturated carbocycles. The summed E-state index contributed by atoms with van der Waals surface area (Å²) >= 11 is 0. The highest BCUT2D eigenvalue weighted by Crippen LogP contribution is 2.22. The molecule has 0 spiro atoms. The van der Waals surface area contributed by atoms with Crippen molar-refractivity contribution in [2.75, 3.05) is 0 Å². The summed E-state index contributed by atoms with van der Waals surface area (Å²) in [5.41, 5.74) is 0.864. The lowest BCUT2D eigenvalue weighted by Gasteiger charge is -2.08. The summed E-state index contributed by atoms with van der Waals surface area (Å²) < 4.78 is 38.9. The molecule has 0 heterocycles. The summed E-state index contributed by atoms with van der Waals surface area (Å²) in [6.45, 7) is 1.56. The zero-order valence-corrected chi connectivity index (χ0v) is 7.35. The summed E-state index contributed by atoms with van der Waals surface area (Å²) in [7, 11) is 0. The van der Waals surface area contributed by atoms with E-state index in [1.807, 2.05) is 0 Å². The standard InChI is InChI=1S/C9H8F3NO/c1-6(13)7-2-4-8(5-3-7)14-9(10,11)12/h2-5,13H,1H3. The molecular weight excluding hydrogens is 195 g/mol. The highest BCUT2D eigenvalue weighted by atomic mass is 19.4. The van der Waals surface area contributed by atoms with Crippen LogP contribution in [0.1, 0.15) is 12.5 Å². The summed E-state index contributed by atoms with van der Waals surface area (Å²) in [5.74, 6) is -0.275. The van der Waals surface area contributed by atoms with Gasteiger partial charge in [-0.05, 0) is 36.8 Å². The van der Waals surface area contributed by atoms with E-state index in [1.165, 1.54) is 24.3 Å². The van der Waals surface area contributed by atoms with Crippen LogP contribution in [0.5, 0.6) is 5.75 Å². The number of benzene rings is 1. The van der Waals surface area contributed by atoms with E-state index >= 15 is 0 Å². The van der Waals surface area contributed by atoms with Gasteiger partial charge in [0, 0.05) is 5.71 Å². The van der Waals surface area contributed by atoms with E-state index in [1.54, 1.807) is 6.92 Å². The third kappa shape index (κ3) is 3.08. The quantitative estimate of drug-likeness (QED) is 0.736. The van der Waals surface area contributed by atoms with Crippen molar-refractivity contribution in [3.8, 4) is 5.75 Å². The van der Waals surface area contributed by atoms with Crippen molar-refractivity contribution >= 4 is 5.71 Å². The van der Waals surface area contributed by atoms with E-state index in [2.05, 4.69) is 4.74 Å². The lowest BCUT2D eigenvalue weighted by atomic mass is 10.1. The first-order valence-corrected chi connectivity index (χ1v) is 3.80. The number of alkyl halides is 3. The normalized spacial score (nSPS) is 11.1. The zero-order chi connectivity index (χ0) is 10.8. The van der Waals surface area contributed by atoms with Gasteiger partial charge in [0.15, 0.2) is 0 Å². The minimum absolute atomic E-state index is 0.275. The Labute approximate surface area is 78.8 Å². The van der Waals surface area contributed by atoms with Crippen molar-refractivity contribution in [3.63, 3.8) is 0 Å². The van der Waals surface area contributed by atoms with E-state index in [0.717, 1.165) is 0 Å². The zero-order valence-electron chi connectivity index (χ0n) is 7.35. The molecule has 0 amide bonds. The highest BCUT2D eigenvalue weighted by molar-refractivity contribution is 5.96. The van der Waals surface area contributed by atoms with Gasteiger partial charge >= 0.3 is 6.36 Å². The van der Waals surface area contributed by atoms with Crippen LogP contribution in [-0.2, 0) is 0 Å². The van der Waals surface area contributed by atoms with Crippen molar-refractivity contribution in [2.45, 2.75) is 13.3 Å². The minimum atomic E-state index is -4.67. The van der Waals surface area contributed by atoms with Crippen LogP contribution in [0.25, 0.3) is 0 Å². The number of hydrogen-bond donors (Lipinski definition) is 1. The van der Waals surface area contributed by atoms with Gasteiger partial charge in [0.2, 0.25) is 0 Å². The lowest BCUT2D eigenvalue weighted by Crippen LogP contribution is -2.17. The Hall–Kier alpha value is -1.52. The Morgan fingerprint density at radius 3 is 2.07 bits per heavy atom. The summed E-state index contributed by atoms with van der Waals surface area (Å²) in [5, 5.41) is 7.22. The van der Waals surface area contributed by atoms with Crippen molar-refractivity contribution < 1.29 is 17.9 Å². The number of rotatable bonds is 2.